The molecule has 0 radical (unpaired) electrons. The summed E-state index contributed by atoms with van der Waals surface area (Å²) in [6.45, 7) is 4.68. The van der Waals surface area contributed by atoms with E-state index in [2.05, 4.69) is 10.6 Å². The summed E-state index contributed by atoms with van der Waals surface area (Å²) in [5.41, 5.74) is 0.533. The smallest absolute Gasteiger partial charge is 0.409 e. The summed E-state index contributed by atoms with van der Waals surface area (Å²) in [6, 6.07) is 0. The van der Waals surface area contributed by atoms with Crippen LogP contribution in [0.2, 0.25) is 0 Å². The van der Waals surface area contributed by atoms with E-state index in [0.717, 1.165) is 77.5 Å². The second kappa shape index (κ2) is 11.6. The number of likely N-dealkylation sites (tertiary alicyclic amines) is 1. The highest BCUT2D eigenvalue weighted by Gasteiger charge is 2.38. The predicted octanol–water partition coefficient (Wildman–Crippen LogP) is 3.82. The predicted molar refractivity (Wildman–Crippen MR) is 112 cm³/mol. The Balaban J connectivity index is 1.13. The molecule has 166 valence electrons. The summed E-state index contributed by atoms with van der Waals surface area (Å²) in [5, 5.41) is 6.08. The number of carbonyl (C=O) groups is 2. The minimum atomic E-state index is -0.299. The molecule has 0 atom stereocenters. The van der Waals surface area contributed by atoms with Crippen LogP contribution in [0.1, 0.15) is 77.0 Å². The molecule has 3 fully saturated rings. The molecule has 0 aromatic heterocycles. The molecular weight excluding hydrogens is 370 g/mol. The molecule has 2 saturated heterocycles. The number of carbonyl (C=O) groups excluding carboxylic acids is 2. The van der Waals surface area contributed by atoms with Gasteiger partial charge in [0.1, 0.15) is 6.10 Å². The van der Waals surface area contributed by atoms with Crippen LogP contribution in [0.25, 0.3) is 0 Å². The average molecular weight is 410 g/mol. The third-order valence-corrected chi connectivity index (χ3v) is 6.87. The number of piperidine rings is 2. The first-order chi connectivity index (χ1) is 14.2. The molecule has 0 aromatic carbocycles. The van der Waals surface area contributed by atoms with Gasteiger partial charge in [0.2, 0.25) is 0 Å². The van der Waals surface area contributed by atoms with Gasteiger partial charge in [-0.1, -0.05) is 19.3 Å². The van der Waals surface area contributed by atoms with Crippen molar-refractivity contribution < 1.29 is 19.1 Å². The Bertz CT molecular complexity index is 506. The van der Waals surface area contributed by atoms with E-state index in [9.17, 15) is 9.59 Å². The molecule has 1 saturated carbocycles. The van der Waals surface area contributed by atoms with Gasteiger partial charge in [0.15, 0.2) is 0 Å². The van der Waals surface area contributed by atoms with Crippen molar-refractivity contribution in [3.05, 3.63) is 0 Å². The Hall–Kier alpha value is -1.50. The monoisotopic (exact) mass is 409 g/mol. The number of amides is 2. The molecule has 2 N–H and O–H groups in total. The molecule has 1 spiro atoms. The first-order valence-electron chi connectivity index (χ1n) is 11.7. The van der Waals surface area contributed by atoms with E-state index in [0.29, 0.717) is 18.6 Å². The van der Waals surface area contributed by atoms with Crippen LogP contribution in [0.15, 0.2) is 0 Å². The molecule has 3 rings (SSSR count). The molecule has 29 heavy (non-hydrogen) atoms. The van der Waals surface area contributed by atoms with Crippen LogP contribution in [0, 0.1) is 5.41 Å². The molecule has 0 aromatic rings. The topological polar surface area (TPSA) is 79.9 Å². The first kappa shape index (κ1) is 22.2. The second-order valence-corrected chi connectivity index (χ2v) is 9.00. The number of ether oxygens (including phenoxy) is 2. The molecule has 7 nitrogen and oxygen atoms in total. The Morgan fingerprint density at radius 2 is 1.66 bits per heavy atom. The quantitative estimate of drug-likeness (QED) is 0.596. The van der Waals surface area contributed by atoms with Gasteiger partial charge in [-0.15, -0.1) is 0 Å². The van der Waals surface area contributed by atoms with Crippen molar-refractivity contribution in [3.8, 4) is 0 Å². The molecular formula is C22H39N3O4. The third-order valence-electron chi connectivity index (χ3n) is 6.87. The first-order valence-corrected chi connectivity index (χ1v) is 11.7. The largest absolute Gasteiger partial charge is 0.449 e. The zero-order valence-corrected chi connectivity index (χ0v) is 17.9. The highest BCUT2D eigenvalue weighted by Crippen LogP contribution is 2.46. The third kappa shape index (κ3) is 7.36. The summed E-state index contributed by atoms with van der Waals surface area (Å²) in [6.07, 6.45) is 12.9. The van der Waals surface area contributed by atoms with Gasteiger partial charge in [-0.2, -0.15) is 0 Å². The van der Waals surface area contributed by atoms with Gasteiger partial charge in [-0.25, -0.2) is 9.59 Å². The van der Waals surface area contributed by atoms with Crippen molar-refractivity contribution in [2.75, 3.05) is 39.3 Å². The highest BCUT2D eigenvalue weighted by atomic mass is 16.6. The maximum Gasteiger partial charge on any atom is 0.409 e. The lowest BCUT2D eigenvalue weighted by atomic mass is 9.77. The van der Waals surface area contributed by atoms with Gasteiger partial charge in [0.05, 0.1) is 6.61 Å². The number of nitrogens with one attached hydrogen (secondary N) is 2. The van der Waals surface area contributed by atoms with Crippen molar-refractivity contribution in [1.29, 1.82) is 0 Å². The molecule has 7 heteroatoms. The van der Waals surface area contributed by atoms with E-state index < -0.39 is 0 Å². The Labute approximate surface area is 175 Å². The van der Waals surface area contributed by atoms with E-state index in [1.165, 1.54) is 25.7 Å². The number of alkyl carbamates (subject to hydrolysis) is 1. The highest BCUT2D eigenvalue weighted by molar-refractivity contribution is 5.67. The standard InChI is InChI=1S/C22H39N3O4/c26-20(29-19-7-14-23-15-8-19)24-13-5-1-2-6-18-28-21(27)25-16-11-22(12-17-25)9-3-4-10-22/h19,23H,1-18H2,(H,24,26). The Morgan fingerprint density at radius 3 is 2.38 bits per heavy atom. The lowest BCUT2D eigenvalue weighted by molar-refractivity contribution is 0.0659. The summed E-state index contributed by atoms with van der Waals surface area (Å²) in [7, 11) is 0. The number of nitrogens with zero attached hydrogens (tertiary/aromatic N) is 1. The lowest BCUT2D eigenvalue weighted by Gasteiger charge is -2.38. The van der Waals surface area contributed by atoms with E-state index in [4.69, 9.17) is 9.47 Å². The van der Waals surface area contributed by atoms with Gasteiger partial charge < -0.3 is 25.0 Å². The van der Waals surface area contributed by atoms with Crippen LogP contribution < -0.4 is 10.6 Å². The zero-order valence-electron chi connectivity index (χ0n) is 17.9. The summed E-state index contributed by atoms with van der Waals surface area (Å²) in [4.78, 5) is 25.8. The van der Waals surface area contributed by atoms with E-state index in [-0.39, 0.29) is 18.3 Å². The minimum Gasteiger partial charge on any atom is -0.449 e. The molecule has 0 unspecified atom stereocenters. The molecule has 3 aliphatic rings. The second-order valence-electron chi connectivity index (χ2n) is 9.00. The van der Waals surface area contributed by atoms with Crippen LogP contribution in [0.5, 0.6) is 0 Å². The summed E-state index contributed by atoms with van der Waals surface area (Å²) >= 11 is 0. The van der Waals surface area contributed by atoms with Crippen LogP contribution in [-0.4, -0.2) is 62.5 Å². The maximum atomic E-state index is 12.2. The summed E-state index contributed by atoms with van der Waals surface area (Å²) in [5.74, 6) is 0. The fourth-order valence-corrected chi connectivity index (χ4v) is 4.92. The Kier molecular flexibility index (Phi) is 8.90. The molecule has 2 heterocycles. The minimum absolute atomic E-state index is 0.0505. The van der Waals surface area contributed by atoms with Gasteiger partial charge >= 0.3 is 12.2 Å². The molecule has 2 aliphatic heterocycles. The van der Waals surface area contributed by atoms with E-state index in [1.807, 2.05) is 4.90 Å². The van der Waals surface area contributed by atoms with Crippen molar-refractivity contribution in [2.24, 2.45) is 5.41 Å². The van der Waals surface area contributed by atoms with Gasteiger partial charge in [0, 0.05) is 19.6 Å². The van der Waals surface area contributed by atoms with Gasteiger partial charge in [-0.05, 0) is 76.3 Å². The fraction of sp³-hybridized carbons (Fsp3) is 0.909. The van der Waals surface area contributed by atoms with Crippen molar-refractivity contribution in [3.63, 3.8) is 0 Å². The van der Waals surface area contributed by atoms with Crippen LogP contribution >= 0.6 is 0 Å². The van der Waals surface area contributed by atoms with E-state index >= 15 is 0 Å². The fourth-order valence-electron chi connectivity index (χ4n) is 4.92. The van der Waals surface area contributed by atoms with Crippen molar-refractivity contribution >= 4 is 12.2 Å². The van der Waals surface area contributed by atoms with Gasteiger partial charge in [-0.3, -0.25) is 0 Å². The molecule has 1 aliphatic carbocycles. The normalized spacial score (nSPS) is 21.9. The molecule has 0 bridgehead atoms. The average Bonchev–Trinajstić information content (AvgIpc) is 3.19. The van der Waals surface area contributed by atoms with Crippen molar-refractivity contribution in [2.45, 2.75) is 83.2 Å². The van der Waals surface area contributed by atoms with Crippen molar-refractivity contribution in [1.82, 2.24) is 15.5 Å². The van der Waals surface area contributed by atoms with Gasteiger partial charge in [0.25, 0.3) is 0 Å². The number of rotatable bonds is 8. The van der Waals surface area contributed by atoms with Crippen LogP contribution in [-0.2, 0) is 9.47 Å². The van der Waals surface area contributed by atoms with Crippen LogP contribution in [0.4, 0.5) is 9.59 Å². The molecule has 2 amide bonds. The Morgan fingerprint density at radius 1 is 0.966 bits per heavy atom. The summed E-state index contributed by atoms with van der Waals surface area (Å²) < 4.78 is 10.9. The zero-order chi connectivity index (χ0) is 20.4. The number of unbranched alkanes of at least 4 members (excludes halogenated alkanes) is 3. The SMILES string of the molecule is O=C(NCCCCCCOC(=O)N1CCC2(CCCC2)CC1)OC1CCNCC1. The number of hydrogen-bond donors (Lipinski definition) is 2. The number of hydrogen-bond acceptors (Lipinski definition) is 5. The maximum absolute atomic E-state index is 12.2. The lowest BCUT2D eigenvalue weighted by Crippen LogP contribution is -2.42. The van der Waals surface area contributed by atoms with Crippen LogP contribution in [0.3, 0.4) is 0 Å². The van der Waals surface area contributed by atoms with E-state index in [1.54, 1.807) is 0 Å².